The summed E-state index contributed by atoms with van der Waals surface area (Å²) >= 11 is 1.18. The van der Waals surface area contributed by atoms with E-state index in [-0.39, 0.29) is 17.2 Å². The molecule has 0 fully saturated rings. The summed E-state index contributed by atoms with van der Waals surface area (Å²) in [6.07, 6.45) is 1.53. The van der Waals surface area contributed by atoms with Crippen LogP contribution in [-0.4, -0.2) is 34.5 Å². The summed E-state index contributed by atoms with van der Waals surface area (Å²) in [4.78, 5) is 30.4. The van der Waals surface area contributed by atoms with Gasteiger partial charge in [0.05, 0.1) is 35.7 Å². The predicted octanol–water partition coefficient (Wildman–Crippen LogP) is 3.95. The van der Waals surface area contributed by atoms with Crippen LogP contribution in [0.25, 0.3) is 16.6 Å². The van der Waals surface area contributed by atoms with Gasteiger partial charge >= 0.3 is 0 Å². The summed E-state index contributed by atoms with van der Waals surface area (Å²) in [6.45, 7) is 1.94. The number of hydrogen-bond acceptors (Lipinski definition) is 6. The molecule has 0 unspecified atom stereocenters. The Hall–Kier alpha value is -3.91. The minimum atomic E-state index is -0.315. The topological polar surface area (TPSA) is 85.6 Å². The fraction of sp³-hybridized carbons (Fsp3) is 0.120. The number of carbonyl (C=O) groups is 1. The van der Waals surface area contributed by atoms with Crippen molar-refractivity contribution in [2.24, 2.45) is 5.10 Å². The number of ether oxygens (including phenoxy) is 1. The molecule has 8 heteroatoms. The second kappa shape index (κ2) is 10.1. The smallest absolute Gasteiger partial charge is 0.266 e. The molecule has 1 heterocycles. The maximum atomic E-state index is 13.3. The molecule has 4 aromatic rings. The molecule has 0 spiro atoms. The lowest BCUT2D eigenvalue weighted by atomic mass is 10.2. The molecule has 7 nitrogen and oxygen atoms in total. The number of methoxy groups -OCH3 is 1. The Bertz CT molecular complexity index is 1400. The lowest BCUT2D eigenvalue weighted by molar-refractivity contribution is -0.118. The number of rotatable bonds is 7. The molecule has 0 saturated heterocycles. The van der Waals surface area contributed by atoms with Crippen LogP contribution in [0.2, 0.25) is 0 Å². The fourth-order valence-electron chi connectivity index (χ4n) is 3.35. The number of nitrogens with one attached hydrogen (secondary N) is 1. The van der Waals surface area contributed by atoms with Crippen molar-refractivity contribution in [2.45, 2.75) is 12.1 Å². The minimum absolute atomic E-state index is 0.0416. The Kier molecular flexibility index (Phi) is 6.85. The van der Waals surface area contributed by atoms with Crippen LogP contribution < -0.4 is 15.7 Å². The molecule has 33 heavy (non-hydrogen) atoms. The van der Waals surface area contributed by atoms with Crippen LogP contribution in [0.4, 0.5) is 0 Å². The second-order valence-corrected chi connectivity index (χ2v) is 8.10. The molecule has 0 bridgehead atoms. The van der Waals surface area contributed by atoms with E-state index in [4.69, 9.17) is 4.74 Å². The van der Waals surface area contributed by atoms with Gasteiger partial charge in [-0.15, -0.1) is 0 Å². The molecule has 0 aliphatic carbocycles. The maximum Gasteiger partial charge on any atom is 0.266 e. The zero-order valence-corrected chi connectivity index (χ0v) is 19.0. The van der Waals surface area contributed by atoms with E-state index < -0.39 is 0 Å². The van der Waals surface area contributed by atoms with Gasteiger partial charge in [-0.1, -0.05) is 54.2 Å². The summed E-state index contributed by atoms with van der Waals surface area (Å²) in [5.41, 5.74) is 5.34. The molecule has 1 N–H and O–H groups in total. The molecule has 0 aliphatic rings. The first-order valence-corrected chi connectivity index (χ1v) is 11.2. The van der Waals surface area contributed by atoms with Crippen molar-refractivity contribution in [2.75, 3.05) is 12.9 Å². The number of nitrogens with zero attached hydrogens (tertiary/aromatic N) is 3. The number of thioether (sulfide) groups is 1. The van der Waals surface area contributed by atoms with Gasteiger partial charge in [-0.25, -0.2) is 10.4 Å². The van der Waals surface area contributed by atoms with Gasteiger partial charge in [0.25, 0.3) is 11.5 Å². The highest BCUT2D eigenvalue weighted by Gasteiger charge is 2.15. The van der Waals surface area contributed by atoms with Crippen molar-refractivity contribution in [3.05, 3.63) is 94.3 Å². The zero-order valence-electron chi connectivity index (χ0n) is 18.2. The van der Waals surface area contributed by atoms with Gasteiger partial charge in [-0.2, -0.15) is 5.10 Å². The first-order valence-electron chi connectivity index (χ1n) is 10.2. The van der Waals surface area contributed by atoms with Crippen molar-refractivity contribution in [3.8, 4) is 11.4 Å². The van der Waals surface area contributed by atoms with Crippen molar-refractivity contribution in [1.29, 1.82) is 0 Å². The van der Waals surface area contributed by atoms with Crippen LogP contribution in [-0.2, 0) is 4.79 Å². The van der Waals surface area contributed by atoms with Crippen molar-refractivity contribution < 1.29 is 9.53 Å². The van der Waals surface area contributed by atoms with Gasteiger partial charge in [0.2, 0.25) is 0 Å². The van der Waals surface area contributed by atoms with Gasteiger partial charge < -0.3 is 4.74 Å². The van der Waals surface area contributed by atoms with E-state index in [9.17, 15) is 9.59 Å². The van der Waals surface area contributed by atoms with Gasteiger partial charge in [0.1, 0.15) is 5.75 Å². The van der Waals surface area contributed by atoms with Crippen LogP contribution in [0, 0.1) is 6.92 Å². The molecule has 1 aromatic heterocycles. The normalized spacial score (nSPS) is 11.1. The number of aromatic nitrogens is 2. The first-order chi connectivity index (χ1) is 16.1. The number of hydrogen-bond donors (Lipinski definition) is 1. The van der Waals surface area contributed by atoms with Gasteiger partial charge in [-0.3, -0.25) is 14.2 Å². The van der Waals surface area contributed by atoms with Crippen LogP contribution >= 0.6 is 11.8 Å². The lowest BCUT2D eigenvalue weighted by Crippen LogP contribution is -2.24. The number of para-hydroxylation sites is 3. The third kappa shape index (κ3) is 4.96. The highest BCUT2D eigenvalue weighted by atomic mass is 32.2. The number of aryl methyl sites for hydroxylation is 1. The van der Waals surface area contributed by atoms with Crippen molar-refractivity contribution in [1.82, 2.24) is 15.0 Å². The molecule has 166 valence electrons. The second-order valence-electron chi connectivity index (χ2n) is 7.16. The average Bonchev–Trinajstić information content (AvgIpc) is 2.84. The Morgan fingerprint density at radius 2 is 1.82 bits per heavy atom. The third-order valence-corrected chi connectivity index (χ3v) is 5.90. The number of carbonyl (C=O) groups excluding carboxylic acids is 1. The van der Waals surface area contributed by atoms with Gasteiger partial charge in [0, 0.05) is 5.56 Å². The molecule has 3 aromatic carbocycles. The molecule has 0 aliphatic heterocycles. The monoisotopic (exact) mass is 458 g/mol. The SMILES string of the molecule is COc1ccccc1/C=N/NC(=O)CSc1nc2ccccc2c(=O)n1-c1ccccc1C. The third-order valence-electron chi connectivity index (χ3n) is 4.97. The average molecular weight is 459 g/mol. The van der Waals surface area contributed by atoms with E-state index in [1.54, 1.807) is 23.8 Å². The molecule has 4 rings (SSSR count). The molecule has 0 saturated carbocycles. The van der Waals surface area contributed by atoms with E-state index in [2.05, 4.69) is 15.5 Å². The van der Waals surface area contributed by atoms with E-state index >= 15 is 0 Å². The molecule has 0 radical (unpaired) electrons. The van der Waals surface area contributed by atoms with Gasteiger partial charge in [-0.05, 0) is 42.8 Å². The Labute approximate surface area is 195 Å². The number of benzene rings is 3. The van der Waals surface area contributed by atoms with E-state index in [0.717, 1.165) is 16.8 Å². The van der Waals surface area contributed by atoms with Crippen molar-refractivity contribution >= 4 is 34.8 Å². The Morgan fingerprint density at radius 1 is 1.09 bits per heavy atom. The van der Waals surface area contributed by atoms with Crippen LogP contribution in [0.3, 0.4) is 0 Å². The van der Waals surface area contributed by atoms with Gasteiger partial charge in [0.15, 0.2) is 5.16 Å². The van der Waals surface area contributed by atoms with Crippen LogP contribution in [0.1, 0.15) is 11.1 Å². The molecule has 0 atom stereocenters. The standard InChI is InChI=1S/C25H22N4O3S/c1-17-9-3-7-13-21(17)29-24(31)19-11-5-6-12-20(19)27-25(29)33-16-23(30)28-26-15-18-10-4-8-14-22(18)32-2/h3-15H,16H2,1-2H3,(H,28,30)/b26-15+. The molecule has 1 amide bonds. The minimum Gasteiger partial charge on any atom is -0.496 e. The highest BCUT2D eigenvalue weighted by Crippen LogP contribution is 2.23. The van der Waals surface area contributed by atoms with Crippen LogP contribution in [0.5, 0.6) is 5.75 Å². The highest BCUT2D eigenvalue weighted by molar-refractivity contribution is 7.99. The number of hydrazone groups is 1. The lowest BCUT2D eigenvalue weighted by Gasteiger charge is -2.14. The van der Waals surface area contributed by atoms with E-state index in [0.29, 0.717) is 21.8 Å². The zero-order chi connectivity index (χ0) is 23.2. The quantitative estimate of drug-likeness (QED) is 0.196. The van der Waals surface area contributed by atoms with E-state index in [1.165, 1.54) is 18.0 Å². The molecular weight excluding hydrogens is 436 g/mol. The summed E-state index contributed by atoms with van der Waals surface area (Å²) < 4.78 is 6.83. The first kappa shape index (κ1) is 22.3. The summed E-state index contributed by atoms with van der Waals surface area (Å²) in [5.74, 6) is 0.386. The predicted molar refractivity (Wildman–Crippen MR) is 132 cm³/mol. The maximum absolute atomic E-state index is 13.3. The summed E-state index contributed by atoms with van der Waals surface area (Å²) in [6, 6.07) is 22.2. The Balaban J connectivity index is 1.57. The largest absolute Gasteiger partial charge is 0.496 e. The van der Waals surface area contributed by atoms with E-state index in [1.807, 2.05) is 67.6 Å². The number of fused-ring (bicyclic) bond motifs is 1. The summed E-state index contributed by atoms with van der Waals surface area (Å²) in [7, 11) is 1.58. The molecular formula is C25H22N4O3S. The summed E-state index contributed by atoms with van der Waals surface area (Å²) in [5, 5.41) is 4.98. The van der Waals surface area contributed by atoms with Crippen LogP contribution in [0.15, 0.2) is 87.8 Å². The van der Waals surface area contributed by atoms with Crippen molar-refractivity contribution in [3.63, 3.8) is 0 Å². The Morgan fingerprint density at radius 3 is 2.64 bits per heavy atom. The number of amides is 1. The fourth-order valence-corrected chi connectivity index (χ4v) is 4.14.